The van der Waals surface area contributed by atoms with E-state index >= 15 is 0 Å². The van der Waals surface area contributed by atoms with Crippen molar-refractivity contribution in [3.63, 3.8) is 0 Å². The minimum atomic E-state index is 0.106. The van der Waals surface area contributed by atoms with Gasteiger partial charge in [-0.25, -0.2) is 0 Å². The Hall–Kier alpha value is -2.81. The van der Waals surface area contributed by atoms with Gasteiger partial charge in [-0.05, 0) is 74.3 Å². The first-order chi connectivity index (χ1) is 14.4. The minimum Gasteiger partial charge on any atom is -0.295 e. The van der Waals surface area contributed by atoms with Crippen molar-refractivity contribution in [2.75, 3.05) is 0 Å². The number of hydrogen-bond donors (Lipinski definition) is 0. The number of aryl methyl sites for hydroxylation is 1. The lowest BCUT2D eigenvalue weighted by Gasteiger charge is -2.19. The predicted octanol–water partition coefficient (Wildman–Crippen LogP) is 6.52. The molecular formula is C27H32N2O. The molecule has 0 N–H and O–H groups in total. The molecule has 1 fully saturated rings. The zero-order valence-electron chi connectivity index (χ0n) is 18.7. The first kappa shape index (κ1) is 21.9. The number of carbonyl (C=O) groups is 1. The van der Waals surface area contributed by atoms with Gasteiger partial charge in [-0.2, -0.15) is 0 Å². The third-order valence-electron chi connectivity index (χ3n) is 6.17. The van der Waals surface area contributed by atoms with Crippen molar-refractivity contribution in [2.45, 2.75) is 65.2 Å². The van der Waals surface area contributed by atoms with Gasteiger partial charge in [0.25, 0.3) is 0 Å². The highest BCUT2D eigenvalue weighted by atomic mass is 16.1. The largest absolute Gasteiger partial charge is 0.295 e. The number of aliphatic imine (C=N–C) groups is 1. The summed E-state index contributed by atoms with van der Waals surface area (Å²) < 4.78 is 0. The number of carbonyl (C=O) groups excluding carboxylic acids is 1. The molecule has 1 aliphatic carbocycles. The Morgan fingerprint density at radius 3 is 2.57 bits per heavy atom. The van der Waals surface area contributed by atoms with Gasteiger partial charge >= 0.3 is 0 Å². The van der Waals surface area contributed by atoms with Crippen LogP contribution in [0.4, 0.5) is 0 Å². The van der Waals surface area contributed by atoms with Gasteiger partial charge in [-0.1, -0.05) is 44.7 Å². The molecular weight excluding hydrogens is 368 g/mol. The number of nitrogens with zero attached hydrogens (tertiary/aromatic N) is 2. The molecule has 1 aromatic carbocycles. The maximum absolute atomic E-state index is 11.9. The van der Waals surface area contributed by atoms with Gasteiger partial charge in [-0.15, -0.1) is 0 Å². The number of rotatable bonds is 9. The standard InChI is InChI=1S/C27H32N2O/c1-6-21(26-11-9-10-24(7-2)29-26)18-28-19(4)16-23-17-22(20(5)30)12-13-25(23)27(8-3)14-15-27/h6,9-13,17-18H,1,7-8,14-16H2,2-5H3/b21-18+,28-19?. The third kappa shape index (κ3) is 4.84. The van der Waals surface area contributed by atoms with Crippen LogP contribution in [0, 0.1) is 0 Å². The number of aromatic nitrogens is 1. The van der Waals surface area contributed by atoms with E-state index in [1.54, 1.807) is 13.0 Å². The molecule has 3 heteroatoms. The quantitative estimate of drug-likeness (QED) is 0.273. The smallest absolute Gasteiger partial charge is 0.159 e. The van der Waals surface area contributed by atoms with Gasteiger partial charge in [-0.3, -0.25) is 14.8 Å². The summed E-state index contributed by atoms with van der Waals surface area (Å²) in [7, 11) is 0. The second-order valence-electron chi connectivity index (χ2n) is 8.26. The number of hydrogen-bond acceptors (Lipinski definition) is 3. The highest BCUT2D eigenvalue weighted by Gasteiger charge is 2.43. The first-order valence-corrected chi connectivity index (χ1v) is 10.9. The molecule has 1 aliphatic rings. The Morgan fingerprint density at radius 1 is 1.20 bits per heavy atom. The molecule has 1 heterocycles. The summed E-state index contributed by atoms with van der Waals surface area (Å²) in [6, 6.07) is 12.3. The summed E-state index contributed by atoms with van der Waals surface area (Å²) in [5, 5.41) is 0. The van der Waals surface area contributed by atoms with E-state index in [1.165, 1.54) is 24.0 Å². The SMILES string of the molecule is C=C/C(=C\N=C(C)Cc1cc(C(C)=O)ccc1C1(CC)CC1)c1cccc(CC)n1. The summed E-state index contributed by atoms with van der Waals surface area (Å²) >= 11 is 0. The molecule has 0 saturated heterocycles. The van der Waals surface area contributed by atoms with Gasteiger partial charge in [0.15, 0.2) is 5.78 Å². The van der Waals surface area contributed by atoms with Crippen LogP contribution in [0.15, 0.2) is 60.2 Å². The molecule has 2 aromatic rings. The van der Waals surface area contributed by atoms with Crippen molar-refractivity contribution < 1.29 is 4.79 Å². The van der Waals surface area contributed by atoms with Crippen LogP contribution in [-0.4, -0.2) is 16.5 Å². The lowest BCUT2D eigenvalue weighted by Crippen LogP contribution is -2.12. The van der Waals surface area contributed by atoms with Crippen LogP contribution in [0.1, 0.15) is 79.8 Å². The lowest BCUT2D eigenvalue weighted by atomic mass is 9.86. The number of ketones is 1. The van der Waals surface area contributed by atoms with Crippen molar-refractivity contribution in [3.8, 4) is 0 Å². The van der Waals surface area contributed by atoms with E-state index in [4.69, 9.17) is 4.99 Å². The molecule has 30 heavy (non-hydrogen) atoms. The van der Waals surface area contributed by atoms with Crippen LogP contribution >= 0.6 is 0 Å². The lowest BCUT2D eigenvalue weighted by molar-refractivity contribution is 0.101. The van der Waals surface area contributed by atoms with Crippen LogP contribution in [0.3, 0.4) is 0 Å². The Labute approximate surface area is 180 Å². The molecule has 0 spiro atoms. The Balaban J connectivity index is 1.90. The first-order valence-electron chi connectivity index (χ1n) is 10.9. The van der Waals surface area contributed by atoms with E-state index in [1.807, 2.05) is 37.4 Å². The zero-order chi connectivity index (χ0) is 21.7. The second-order valence-corrected chi connectivity index (χ2v) is 8.26. The Kier molecular flexibility index (Phi) is 6.81. The third-order valence-corrected chi connectivity index (χ3v) is 6.17. The molecule has 1 saturated carbocycles. The predicted molar refractivity (Wildman–Crippen MR) is 126 cm³/mol. The average molecular weight is 401 g/mol. The van der Waals surface area contributed by atoms with E-state index in [2.05, 4.69) is 37.5 Å². The molecule has 0 unspecified atom stereocenters. The fourth-order valence-corrected chi connectivity index (χ4v) is 4.00. The molecule has 3 nitrogen and oxygen atoms in total. The summed E-state index contributed by atoms with van der Waals surface area (Å²) in [5.74, 6) is 0.106. The molecule has 156 valence electrons. The highest BCUT2D eigenvalue weighted by Crippen LogP contribution is 2.52. The van der Waals surface area contributed by atoms with Crippen LogP contribution < -0.4 is 0 Å². The number of pyridine rings is 1. The van der Waals surface area contributed by atoms with Crippen LogP contribution in [0.5, 0.6) is 0 Å². The molecule has 0 radical (unpaired) electrons. The van der Waals surface area contributed by atoms with Crippen molar-refractivity contribution in [3.05, 3.63) is 83.3 Å². The normalized spacial score (nSPS) is 15.7. The summed E-state index contributed by atoms with van der Waals surface area (Å²) in [6.07, 6.45) is 8.88. The maximum atomic E-state index is 11.9. The van der Waals surface area contributed by atoms with Crippen molar-refractivity contribution in [2.24, 2.45) is 4.99 Å². The molecule has 0 aliphatic heterocycles. The number of allylic oxidation sites excluding steroid dienone is 2. The van der Waals surface area contributed by atoms with E-state index in [9.17, 15) is 4.79 Å². The van der Waals surface area contributed by atoms with Gasteiger partial charge in [0.05, 0.1) is 5.69 Å². The van der Waals surface area contributed by atoms with E-state index in [-0.39, 0.29) is 11.2 Å². The topological polar surface area (TPSA) is 42.3 Å². The van der Waals surface area contributed by atoms with Gasteiger partial charge in [0, 0.05) is 35.2 Å². The fourth-order valence-electron chi connectivity index (χ4n) is 4.00. The summed E-state index contributed by atoms with van der Waals surface area (Å²) in [6.45, 7) is 12.0. The molecule has 0 bridgehead atoms. The monoisotopic (exact) mass is 400 g/mol. The minimum absolute atomic E-state index is 0.106. The molecule has 0 atom stereocenters. The van der Waals surface area contributed by atoms with Crippen LogP contribution in [0.25, 0.3) is 5.57 Å². The van der Waals surface area contributed by atoms with Crippen molar-refractivity contribution in [1.29, 1.82) is 0 Å². The van der Waals surface area contributed by atoms with E-state index < -0.39 is 0 Å². The fraction of sp³-hybridized carbons (Fsp3) is 0.370. The average Bonchev–Trinajstić information content (AvgIpc) is 3.55. The molecule has 0 amide bonds. The summed E-state index contributed by atoms with van der Waals surface area (Å²) in [4.78, 5) is 21.3. The van der Waals surface area contributed by atoms with Gasteiger partial charge < -0.3 is 0 Å². The number of benzene rings is 1. The summed E-state index contributed by atoms with van der Waals surface area (Å²) in [5.41, 5.74) is 7.54. The van der Waals surface area contributed by atoms with Gasteiger partial charge in [0.2, 0.25) is 0 Å². The number of Topliss-reactive ketones (excluding diaryl/α,β-unsaturated/α-hetero) is 1. The Bertz CT molecular complexity index is 1010. The van der Waals surface area contributed by atoms with Crippen molar-refractivity contribution in [1.82, 2.24) is 4.98 Å². The van der Waals surface area contributed by atoms with Crippen LogP contribution in [0.2, 0.25) is 0 Å². The van der Waals surface area contributed by atoms with Gasteiger partial charge in [0.1, 0.15) is 0 Å². The van der Waals surface area contributed by atoms with Crippen LogP contribution in [-0.2, 0) is 18.3 Å². The maximum Gasteiger partial charge on any atom is 0.159 e. The molecule has 3 rings (SSSR count). The van der Waals surface area contributed by atoms with E-state index in [0.717, 1.165) is 47.5 Å². The van der Waals surface area contributed by atoms with E-state index in [0.29, 0.717) is 0 Å². The Morgan fingerprint density at radius 2 is 1.97 bits per heavy atom. The highest BCUT2D eigenvalue weighted by molar-refractivity contribution is 5.95. The van der Waals surface area contributed by atoms with Crippen molar-refractivity contribution >= 4 is 17.1 Å². The molecule has 1 aromatic heterocycles. The zero-order valence-corrected chi connectivity index (χ0v) is 18.7. The second kappa shape index (κ2) is 9.34.